The molecule has 0 N–H and O–H groups in total. The van der Waals surface area contributed by atoms with Gasteiger partial charge in [0.05, 0.1) is 7.11 Å². The zero-order chi connectivity index (χ0) is 17.6. The van der Waals surface area contributed by atoms with E-state index in [2.05, 4.69) is 0 Å². The van der Waals surface area contributed by atoms with Crippen molar-refractivity contribution in [3.63, 3.8) is 0 Å². The molecule has 4 nitrogen and oxygen atoms in total. The Balaban J connectivity index is 1.57. The summed E-state index contributed by atoms with van der Waals surface area (Å²) in [5, 5.41) is 0.234. The molecule has 25 heavy (non-hydrogen) atoms. The van der Waals surface area contributed by atoms with Crippen molar-refractivity contribution in [2.75, 3.05) is 32.6 Å². The summed E-state index contributed by atoms with van der Waals surface area (Å²) in [7, 11) is 1.64. The third kappa shape index (κ3) is 4.66. The largest absolute Gasteiger partial charge is 0.497 e. The van der Waals surface area contributed by atoms with Crippen LogP contribution in [-0.2, 0) is 4.79 Å². The van der Waals surface area contributed by atoms with Gasteiger partial charge in [-0.2, -0.15) is 11.8 Å². The Kier molecular flexibility index (Phi) is 5.81. The van der Waals surface area contributed by atoms with E-state index in [1.165, 1.54) is 17.7 Å². The molecule has 1 atom stereocenters. The normalized spacial score (nSPS) is 17.2. The molecule has 2 aromatic carbocycles. The van der Waals surface area contributed by atoms with E-state index in [1.54, 1.807) is 19.2 Å². The van der Waals surface area contributed by atoms with Crippen LogP contribution < -0.4 is 9.47 Å². The Labute approximate surface area is 150 Å². The summed E-state index contributed by atoms with van der Waals surface area (Å²) in [5.41, 5.74) is 1.18. The monoisotopic (exact) mass is 361 g/mol. The number of thioether (sulfide) groups is 1. The molecule has 2 aromatic rings. The minimum atomic E-state index is -0.376. The van der Waals surface area contributed by atoms with Crippen LogP contribution in [0, 0.1) is 5.82 Å². The lowest BCUT2D eigenvalue weighted by atomic mass is 10.1. The van der Waals surface area contributed by atoms with Crippen LogP contribution in [0.1, 0.15) is 10.8 Å². The number of carbonyl (C=O) groups is 1. The molecule has 1 fully saturated rings. The molecule has 6 heteroatoms. The molecule has 0 radical (unpaired) electrons. The molecule has 1 saturated heterocycles. The number of ether oxygens (including phenoxy) is 2. The average molecular weight is 361 g/mol. The molecule has 132 valence electrons. The first kappa shape index (κ1) is 17.6. The van der Waals surface area contributed by atoms with Crippen molar-refractivity contribution < 1.29 is 18.7 Å². The zero-order valence-electron chi connectivity index (χ0n) is 14.0. The molecule has 0 aromatic heterocycles. The van der Waals surface area contributed by atoms with Crippen LogP contribution in [0.4, 0.5) is 4.39 Å². The zero-order valence-corrected chi connectivity index (χ0v) is 14.8. The summed E-state index contributed by atoms with van der Waals surface area (Å²) in [6, 6.07) is 13.8. The fourth-order valence-corrected chi connectivity index (χ4v) is 3.93. The lowest BCUT2D eigenvalue weighted by Crippen LogP contribution is -2.41. The summed E-state index contributed by atoms with van der Waals surface area (Å²) >= 11 is 1.84. The molecule has 1 amide bonds. The molecule has 0 aliphatic carbocycles. The Morgan fingerprint density at radius 3 is 2.76 bits per heavy atom. The van der Waals surface area contributed by atoms with Gasteiger partial charge in [0.25, 0.3) is 5.91 Å². The number of methoxy groups -OCH3 is 1. The molecule has 1 heterocycles. The molecule has 1 unspecified atom stereocenters. The maximum Gasteiger partial charge on any atom is 0.260 e. The van der Waals surface area contributed by atoms with E-state index in [0.717, 1.165) is 11.5 Å². The number of benzene rings is 2. The van der Waals surface area contributed by atoms with E-state index in [9.17, 15) is 9.18 Å². The first-order valence-corrected chi connectivity index (χ1v) is 9.12. The van der Waals surface area contributed by atoms with Crippen molar-refractivity contribution in [1.82, 2.24) is 4.90 Å². The summed E-state index contributed by atoms with van der Waals surface area (Å²) in [4.78, 5) is 14.2. The van der Waals surface area contributed by atoms with Crippen LogP contribution in [0.15, 0.2) is 48.5 Å². The highest BCUT2D eigenvalue weighted by atomic mass is 32.2. The number of carbonyl (C=O) groups excluding carboxylic acids is 1. The fourth-order valence-electron chi connectivity index (χ4n) is 2.69. The van der Waals surface area contributed by atoms with Gasteiger partial charge >= 0.3 is 0 Å². The van der Waals surface area contributed by atoms with Gasteiger partial charge in [0, 0.05) is 30.2 Å². The fraction of sp³-hybridized carbons (Fsp3) is 0.316. The molecule has 0 spiro atoms. The highest BCUT2D eigenvalue weighted by Gasteiger charge is 2.25. The molecular weight excluding hydrogens is 341 g/mol. The number of rotatable bonds is 5. The maximum absolute atomic E-state index is 13.2. The second-order valence-corrected chi connectivity index (χ2v) is 7.03. The van der Waals surface area contributed by atoms with Gasteiger partial charge in [-0.15, -0.1) is 0 Å². The SMILES string of the molecule is COc1ccc(C2CN(C(=O)COc3cccc(F)c3)CCS2)cc1. The Bertz CT molecular complexity index is 723. The highest BCUT2D eigenvalue weighted by Crippen LogP contribution is 2.34. The van der Waals surface area contributed by atoms with Crippen LogP contribution in [-0.4, -0.2) is 43.4 Å². The van der Waals surface area contributed by atoms with E-state index >= 15 is 0 Å². The van der Waals surface area contributed by atoms with Crippen molar-refractivity contribution >= 4 is 17.7 Å². The number of nitrogens with zero attached hydrogens (tertiary/aromatic N) is 1. The molecule has 3 rings (SSSR count). The number of halogens is 1. The smallest absolute Gasteiger partial charge is 0.260 e. The van der Waals surface area contributed by atoms with Gasteiger partial charge in [0.1, 0.15) is 17.3 Å². The van der Waals surface area contributed by atoms with E-state index in [4.69, 9.17) is 9.47 Å². The van der Waals surface area contributed by atoms with Gasteiger partial charge < -0.3 is 14.4 Å². The number of amides is 1. The Morgan fingerprint density at radius 1 is 1.24 bits per heavy atom. The predicted molar refractivity (Wildman–Crippen MR) is 96.7 cm³/mol. The van der Waals surface area contributed by atoms with Crippen molar-refractivity contribution in [3.05, 3.63) is 59.9 Å². The Morgan fingerprint density at radius 2 is 2.04 bits per heavy atom. The topological polar surface area (TPSA) is 38.8 Å². The quantitative estimate of drug-likeness (QED) is 0.817. The summed E-state index contributed by atoms with van der Waals surface area (Å²) in [5.74, 6) is 1.61. The minimum absolute atomic E-state index is 0.0799. The van der Waals surface area contributed by atoms with Crippen LogP contribution in [0.5, 0.6) is 11.5 Å². The van der Waals surface area contributed by atoms with Gasteiger partial charge in [0.2, 0.25) is 0 Å². The number of hydrogen-bond acceptors (Lipinski definition) is 4. The van der Waals surface area contributed by atoms with Crippen LogP contribution >= 0.6 is 11.8 Å². The van der Waals surface area contributed by atoms with Gasteiger partial charge in [-0.1, -0.05) is 18.2 Å². The van der Waals surface area contributed by atoms with Crippen LogP contribution in [0.3, 0.4) is 0 Å². The maximum atomic E-state index is 13.2. The molecule has 1 aliphatic heterocycles. The minimum Gasteiger partial charge on any atom is -0.497 e. The van der Waals surface area contributed by atoms with Crippen LogP contribution in [0.25, 0.3) is 0 Å². The van der Waals surface area contributed by atoms with E-state index in [1.807, 2.05) is 40.9 Å². The van der Waals surface area contributed by atoms with Gasteiger partial charge in [-0.25, -0.2) is 4.39 Å². The average Bonchev–Trinajstić information content (AvgIpc) is 2.66. The highest BCUT2D eigenvalue weighted by molar-refractivity contribution is 7.99. The lowest BCUT2D eigenvalue weighted by Gasteiger charge is -2.32. The molecule has 1 aliphatic rings. The summed E-state index contributed by atoms with van der Waals surface area (Å²) in [6.07, 6.45) is 0. The summed E-state index contributed by atoms with van der Waals surface area (Å²) in [6.45, 7) is 1.26. The molecular formula is C19H20FNO3S. The van der Waals surface area contributed by atoms with Crippen molar-refractivity contribution in [2.45, 2.75) is 5.25 Å². The third-order valence-corrected chi connectivity index (χ3v) is 5.31. The first-order chi connectivity index (χ1) is 12.2. The van der Waals surface area contributed by atoms with Crippen molar-refractivity contribution in [3.8, 4) is 11.5 Å². The lowest BCUT2D eigenvalue weighted by molar-refractivity contribution is -0.133. The Hall–Kier alpha value is -2.21. The van der Waals surface area contributed by atoms with E-state index in [-0.39, 0.29) is 23.6 Å². The summed E-state index contributed by atoms with van der Waals surface area (Å²) < 4.78 is 23.8. The van der Waals surface area contributed by atoms with Gasteiger partial charge in [0.15, 0.2) is 6.61 Å². The van der Waals surface area contributed by atoms with Crippen molar-refractivity contribution in [1.29, 1.82) is 0 Å². The van der Waals surface area contributed by atoms with Gasteiger partial charge in [-0.3, -0.25) is 4.79 Å². The standard InChI is InChI=1S/C19H20FNO3S/c1-23-16-7-5-14(6-8-16)18-12-21(9-10-25-18)19(22)13-24-17-4-2-3-15(20)11-17/h2-8,11,18H,9-10,12-13H2,1H3. The first-order valence-electron chi connectivity index (χ1n) is 8.07. The van der Waals surface area contributed by atoms with Crippen LogP contribution in [0.2, 0.25) is 0 Å². The molecule has 0 bridgehead atoms. The van der Waals surface area contributed by atoms with E-state index < -0.39 is 0 Å². The third-order valence-electron chi connectivity index (χ3n) is 4.07. The molecule has 0 saturated carbocycles. The predicted octanol–water partition coefficient (Wildman–Crippen LogP) is 3.53. The second-order valence-electron chi connectivity index (χ2n) is 5.72. The van der Waals surface area contributed by atoms with Crippen molar-refractivity contribution in [2.24, 2.45) is 0 Å². The van der Waals surface area contributed by atoms with E-state index in [0.29, 0.717) is 18.8 Å². The van der Waals surface area contributed by atoms with Gasteiger partial charge in [-0.05, 0) is 29.8 Å². The second kappa shape index (κ2) is 8.25. The number of hydrogen-bond donors (Lipinski definition) is 0.